The van der Waals surface area contributed by atoms with Crippen LogP contribution in [0.5, 0.6) is 0 Å². The summed E-state index contributed by atoms with van der Waals surface area (Å²) in [6.45, 7) is 4.86. The van der Waals surface area contributed by atoms with E-state index in [1.54, 1.807) is 0 Å². The fraction of sp³-hybridized carbons (Fsp3) is 1.00. The van der Waals surface area contributed by atoms with Gasteiger partial charge in [0, 0.05) is 0 Å². The Morgan fingerprint density at radius 2 is 1.67 bits per heavy atom. The van der Waals surface area contributed by atoms with Gasteiger partial charge in [-0.25, -0.2) is 0 Å². The Morgan fingerprint density at radius 3 is 1.78 bits per heavy atom. The molecule has 0 aromatic rings. The molecule has 0 heterocycles. The van der Waals surface area contributed by atoms with E-state index in [2.05, 4.69) is 13.8 Å². The maximum Gasteiger partial charge on any atom is -0.0246 e. The second kappa shape index (κ2) is 1.53. The maximum absolute atomic E-state index is 2.43. The minimum Gasteiger partial charge on any atom is -0.0620 e. The van der Waals surface area contributed by atoms with Crippen LogP contribution in [0.3, 0.4) is 0 Å². The highest BCUT2D eigenvalue weighted by Crippen LogP contribution is 2.62. The van der Waals surface area contributed by atoms with Crippen LogP contribution in [0.4, 0.5) is 0 Å². The summed E-state index contributed by atoms with van der Waals surface area (Å²) in [5.41, 5.74) is 0.861. The zero-order valence-electron chi connectivity index (χ0n) is 6.48. The van der Waals surface area contributed by atoms with Crippen molar-refractivity contribution in [2.75, 3.05) is 0 Å². The highest BCUT2D eigenvalue weighted by atomic mass is 14.6. The molecule has 0 bridgehead atoms. The SMILES string of the molecule is C[C@@H]1C[C@@H](C)C12CCC2. The Kier molecular flexibility index (Phi) is 0.980. The first kappa shape index (κ1) is 5.76. The van der Waals surface area contributed by atoms with E-state index in [0.717, 1.165) is 17.3 Å². The van der Waals surface area contributed by atoms with Gasteiger partial charge in [-0.05, 0) is 36.5 Å². The second-order valence-corrected chi connectivity index (χ2v) is 4.12. The number of hydrogen-bond acceptors (Lipinski definition) is 0. The van der Waals surface area contributed by atoms with Crippen LogP contribution in [0.2, 0.25) is 0 Å². The van der Waals surface area contributed by atoms with Crippen LogP contribution in [-0.2, 0) is 0 Å². The van der Waals surface area contributed by atoms with E-state index in [9.17, 15) is 0 Å². The predicted molar refractivity (Wildman–Crippen MR) is 39.2 cm³/mol. The van der Waals surface area contributed by atoms with Gasteiger partial charge in [0.25, 0.3) is 0 Å². The van der Waals surface area contributed by atoms with E-state index < -0.39 is 0 Å². The van der Waals surface area contributed by atoms with Crippen LogP contribution in [0.25, 0.3) is 0 Å². The third-order valence-corrected chi connectivity index (χ3v) is 3.95. The smallest absolute Gasteiger partial charge is 0.0246 e. The molecular weight excluding hydrogens is 108 g/mol. The van der Waals surface area contributed by atoms with Crippen molar-refractivity contribution < 1.29 is 0 Å². The van der Waals surface area contributed by atoms with Crippen molar-refractivity contribution in [1.29, 1.82) is 0 Å². The maximum atomic E-state index is 2.43. The molecule has 0 aliphatic heterocycles. The molecule has 9 heavy (non-hydrogen) atoms. The van der Waals surface area contributed by atoms with E-state index in [1.807, 2.05) is 0 Å². The summed E-state index contributed by atoms with van der Waals surface area (Å²) in [4.78, 5) is 0. The molecule has 0 radical (unpaired) electrons. The zero-order chi connectivity index (χ0) is 6.48. The Bertz CT molecular complexity index is 112. The summed E-state index contributed by atoms with van der Waals surface area (Å²) >= 11 is 0. The van der Waals surface area contributed by atoms with Crippen LogP contribution in [0.1, 0.15) is 39.5 Å². The lowest BCUT2D eigenvalue weighted by atomic mass is 9.45. The highest BCUT2D eigenvalue weighted by molar-refractivity contribution is 5.03. The quantitative estimate of drug-likeness (QED) is 0.466. The van der Waals surface area contributed by atoms with Gasteiger partial charge in [0.1, 0.15) is 0 Å². The van der Waals surface area contributed by atoms with Gasteiger partial charge in [-0.1, -0.05) is 20.3 Å². The highest BCUT2D eigenvalue weighted by Gasteiger charge is 2.53. The molecule has 0 nitrogen and oxygen atoms in total. The molecule has 2 fully saturated rings. The van der Waals surface area contributed by atoms with Gasteiger partial charge in [-0.2, -0.15) is 0 Å². The topological polar surface area (TPSA) is 0 Å². The summed E-state index contributed by atoms with van der Waals surface area (Å²) < 4.78 is 0. The van der Waals surface area contributed by atoms with Crippen molar-refractivity contribution in [3.05, 3.63) is 0 Å². The van der Waals surface area contributed by atoms with Gasteiger partial charge >= 0.3 is 0 Å². The fourth-order valence-electron chi connectivity index (χ4n) is 2.90. The second-order valence-electron chi connectivity index (χ2n) is 4.12. The standard InChI is InChI=1S/C9H16/c1-7-6-8(2)9(7)4-3-5-9/h7-8H,3-6H2,1-2H3/t7-,8-/m1/s1. The average molecular weight is 124 g/mol. The van der Waals surface area contributed by atoms with Gasteiger partial charge in [0.05, 0.1) is 0 Å². The fourth-order valence-corrected chi connectivity index (χ4v) is 2.90. The average Bonchev–Trinajstić information content (AvgIpc) is 1.60. The predicted octanol–water partition coefficient (Wildman–Crippen LogP) is 2.83. The first-order valence-corrected chi connectivity index (χ1v) is 4.26. The Morgan fingerprint density at radius 1 is 1.11 bits per heavy atom. The lowest BCUT2D eigenvalue weighted by Crippen LogP contribution is -2.51. The minimum atomic E-state index is 0.861. The van der Waals surface area contributed by atoms with Crippen molar-refractivity contribution in [2.24, 2.45) is 17.3 Å². The molecule has 1 spiro atoms. The van der Waals surface area contributed by atoms with E-state index in [1.165, 1.54) is 25.7 Å². The Balaban J connectivity index is 2.08. The van der Waals surface area contributed by atoms with E-state index in [0.29, 0.717) is 0 Å². The molecule has 52 valence electrons. The van der Waals surface area contributed by atoms with Gasteiger partial charge < -0.3 is 0 Å². The van der Waals surface area contributed by atoms with Crippen molar-refractivity contribution in [1.82, 2.24) is 0 Å². The molecule has 0 amide bonds. The van der Waals surface area contributed by atoms with Gasteiger partial charge in [-0.15, -0.1) is 0 Å². The lowest BCUT2D eigenvalue weighted by Gasteiger charge is -2.60. The molecule has 0 saturated heterocycles. The van der Waals surface area contributed by atoms with Crippen molar-refractivity contribution >= 4 is 0 Å². The summed E-state index contributed by atoms with van der Waals surface area (Å²) in [5, 5.41) is 0. The molecule has 0 heteroatoms. The monoisotopic (exact) mass is 124 g/mol. The lowest BCUT2D eigenvalue weighted by molar-refractivity contribution is -0.100. The molecule has 0 aromatic heterocycles. The van der Waals surface area contributed by atoms with E-state index in [4.69, 9.17) is 0 Å². The molecule has 0 unspecified atom stereocenters. The van der Waals surface area contributed by atoms with Crippen molar-refractivity contribution in [3.63, 3.8) is 0 Å². The largest absolute Gasteiger partial charge is 0.0620 e. The first-order chi connectivity index (χ1) is 4.26. The Labute approximate surface area is 57.6 Å². The van der Waals surface area contributed by atoms with E-state index in [-0.39, 0.29) is 0 Å². The number of hydrogen-bond donors (Lipinski definition) is 0. The first-order valence-electron chi connectivity index (χ1n) is 4.26. The van der Waals surface area contributed by atoms with Crippen molar-refractivity contribution in [3.8, 4) is 0 Å². The van der Waals surface area contributed by atoms with Crippen LogP contribution < -0.4 is 0 Å². The van der Waals surface area contributed by atoms with Crippen LogP contribution >= 0.6 is 0 Å². The summed E-state index contributed by atoms with van der Waals surface area (Å²) in [7, 11) is 0. The van der Waals surface area contributed by atoms with E-state index >= 15 is 0 Å². The molecular formula is C9H16. The molecule has 2 rings (SSSR count). The Hall–Kier alpha value is 0. The normalized spacial score (nSPS) is 46.0. The van der Waals surface area contributed by atoms with Crippen LogP contribution in [0, 0.1) is 17.3 Å². The number of rotatable bonds is 0. The van der Waals surface area contributed by atoms with Crippen molar-refractivity contribution in [2.45, 2.75) is 39.5 Å². The molecule has 2 saturated carbocycles. The van der Waals surface area contributed by atoms with Gasteiger partial charge in [0.15, 0.2) is 0 Å². The zero-order valence-corrected chi connectivity index (χ0v) is 6.48. The third-order valence-electron chi connectivity index (χ3n) is 3.95. The third kappa shape index (κ3) is 0.500. The summed E-state index contributed by atoms with van der Waals surface area (Å²) in [6.07, 6.45) is 6.08. The minimum absolute atomic E-state index is 0.861. The molecule has 2 aliphatic carbocycles. The molecule has 2 aliphatic rings. The molecule has 0 N–H and O–H groups in total. The molecule has 0 aromatic carbocycles. The molecule has 2 atom stereocenters. The van der Waals surface area contributed by atoms with Gasteiger partial charge in [-0.3, -0.25) is 0 Å². The summed E-state index contributed by atoms with van der Waals surface area (Å²) in [6, 6.07) is 0. The van der Waals surface area contributed by atoms with Crippen LogP contribution in [0.15, 0.2) is 0 Å². The van der Waals surface area contributed by atoms with Crippen LogP contribution in [-0.4, -0.2) is 0 Å². The summed E-state index contributed by atoms with van der Waals surface area (Å²) in [5.74, 6) is 2.11. The van der Waals surface area contributed by atoms with Gasteiger partial charge in [0.2, 0.25) is 0 Å².